The van der Waals surface area contributed by atoms with Crippen molar-refractivity contribution in [3.8, 4) is 0 Å². The van der Waals surface area contributed by atoms with Crippen LogP contribution in [0.3, 0.4) is 0 Å². The molecule has 1 aliphatic carbocycles. The zero-order valence-corrected chi connectivity index (χ0v) is 10.5. The number of hydrogen-bond donors (Lipinski definition) is 1. The molecule has 1 unspecified atom stereocenters. The molecule has 1 aromatic heterocycles. The molecule has 4 nitrogen and oxygen atoms in total. The standard InChI is InChI=1S/C11H17F3N4/c1-7-16-17-9(10(2,15)11(12,13)14)18(7)8-5-3-4-6-8/h8H,3-6,15H2,1-2H3. The van der Waals surface area contributed by atoms with E-state index in [1.807, 2.05) is 0 Å². The molecule has 1 saturated carbocycles. The number of hydrogen-bond acceptors (Lipinski definition) is 3. The van der Waals surface area contributed by atoms with Crippen molar-refractivity contribution < 1.29 is 13.2 Å². The van der Waals surface area contributed by atoms with E-state index in [2.05, 4.69) is 10.2 Å². The molecule has 18 heavy (non-hydrogen) atoms. The van der Waals surface area contributed by atoms with Crippen LogP contribution in [-0.4, -0.2) is 20.9 Å². The molecule has 2 rings (SSSR count). The molecule has 0 amide bonds. The summed E-state index contributed by atoms with van der Waals surface area (Å²) in [7, 11) is 0. The molecule has 0 aliphatic heterocycles. The Morgan fingerprint density at radius 3 is 2.28 bits per heavy atom. The van der Waals surface area contributed by atoms with E-state index in [0.717, 1.165) is 32.6 Å². The summed E-state index contributed by atoms with van der Waals surface area (Å²) in [6.07, 6.45) is -0.771. The van der Waals surface area contributed by atoms with Crippen molar-refractivity contribution in [3.05, 3.63) is 11.6 Å². The van der Waals surface area contributed by atoms with E-state index in [-0.39, 0.29) is 11.9 Å². The highest BCUT2D eigenvalue weighted by molar-refractivity contribution is 5.11. The van der Waals surface area contributed by atoms with Gasteiger partial charge in [0.25, 0.3) is 0 Å². The van der Waals surface area contributed by atoms with E-state index >= 15 is 0 Å². The number of alkyl halides is 3. The quantitative estimate of drug-likeness (QED) is 0.890. The number of nitrogens with two attached hydrogens (primary N) is 1. The molecule has 0 saturated heterocycles. The van der Waals surface area contributed by atoms with Crippen LogP contribution >= 0.6 is 0 Å². The minimum absolute atomic E-state index is 0.0419. The molecule has 1 aliphatic rings. The normalized spacial score (nSPS) is 21.2. The zero-order valence-electron chi connectivity index (χ0n) is 10.5. The predicted molar refractivity (Wildman–Crippen MR) is 59.9 cm³/mol. The summed E-state index contributed by atoms with van der Waals surface area (Å²) in [6, 6.07) is 0.0419. The monoisotopic (exact) mass is 262 g/mol. The summed E-state index contributed by atoms with van der Waals surface area (Å²) in [6.45, 7) is 2.61. The Hall–Kier alpha value is -1.11. The molecule has 7 heteroatoms. The Balaban J connectivity index is 2.46. The van der Waals surface area contributed by atoms with Crippen LogP contribution in [0.4, 0.5) is 13.2 Å². The predicted octanol–water partition coefficient (Wildman–Crippen LogP) is 2.44. The van der Waals surface area contributed by atoms with Crippen LogP contribution in [0, 0.1) is 6.92 Å². The fraction of sp³-hybridized carbons (Fsp3) is 0.818. The second-order valence-electron chi connectivity index (χ2n) is 5.08. The molecule has 1 aromatic rings. The fourth-order valence-electron chi connectivity index (χ4n) is 2.45. The van der Waals surface area contributed by atoms with Crippen LogP contribution in [0.2, 0.25) is 0 Å². The van der Waals surface area contributed by atoms with Gasteiger partial charge in [-0.05, 0) is 26.7 Å². The van der Waals surface area contributed by atoms with Crippen molar-refractivity contribution in [2.75, 3.05) is 0 Å². The Morgan fingerprint density at radius 1 is 1.22 bits per heavy atom. The van der Waals surface area contributed by atoms with Crippen LogP contribution in [0.5, 0.6) is 0 Å². The van der Waals surface area contributed by atoms with E-state index in [1.54, 1.807) is 11.5 Å². The molecule has 0 spiro atoms. The maximum absolute atomic E-state index is 13.0. The van der Waals surface area contributed by atoms with Crippen molar-refractivity contribution in [1.29, 1.82) is 0 Å². The fourth-order valence-corrected chi connectivity index (χ4v) is 2.45. The van der Waals surface area contributed by atoms with Gasteiger partial charge < -0.3 is 10.3 Å². The van der Waals surface area contributed by atoms with Gasteiger partial charge in [0.1, 0.15) is 5.82 Å². The minimum atomic E-state index is -4.54. The highest BCUT2D eigenvalue weighted by Crippen LogP contribution is 2.39. The minimum Gasteiger partial charge on any atom is -0.311 e. The SMILES string of the molecule is Cc1nnc(C(C)(N)C(F)(F)F)n1C1CCCC1. The first-order chi connectivity index (χ1) is 8.25. The third-order valence-corrected chi connectivity index (χ3v) is 3.61. The molecule has 0 bridgehead atoms. The number of aryl methyl sites for hydroxylation is 1. The lowest BCUT2D eigenvalue weighted by Crippen LogP contribution is -2.50. The largest absolute Gasteiger partial charge is 0.413 e. The van der Waals surface area contributed by atoms with Gasteiger partial charge in [0.15, 0.2) is 11.4 Å². The summed E-state index contributed by atoms with van der Waals surface area (Å²) in [5, 5.41) is 7.44. The Morgan fingerprint density at radius 2 is 1.78 bits per heavy atom. The first-order valence-corrected chi connectivity index (χ1v) is 6.02. The molecule has 0 aromatic carbocycles. The topological polar surface area (TPSA) is 56.7 Å². The van der Waals surface area contributed by atoms with Gasteiger partial charge >= 0.3 is 6.18 Å². The average Bonchev–Trinajstić information content (AvgIpc) is 2.83. The molecule has 102 valence electrons. The summed E-state index contributed by atoms with van der Waals surface area (Å²) in [5.41, 5.74) is 2.99. The molecule has 1 fully saturated rings. The first-order valence-electron chi connectivity index (χ1n) is 6.02. The van der Waals surface area contributed by atoms with Gasteiger partial charge in [0.05, 0.1) is 0 Å². The molecule has 0 radical (unpaired) electrons. The summed E-state index contributed by atoms with van der Waals surface area (Å²) in [5.74, 6) is 0.317. The van der Waals surface area contributed by atoms with Crippen molar-refractivity contribution in [2.45, 2.75) is 57.3 Å². The van der Waals surface area contributed by atoms with Gasteiger partial charge in [-0.3, -0.25) is 0 Å². The summed E-state index contributed by atoms with van der Waals surface area (Å²) >= 11 is 0. The van der Waals surface area contributed by atoms with Crippen molar-refractivity contribution >= 4 is 0 Å². The number of aromatic nitrogens is 3. The maximum atomic E-state index is 13.0. The zero-order chi connectivity index (χ0) is 13.6. The Labute approximate surface area is 103 Å². The van der Waals surface area contributed by atoms with Gasteiger partial charge in [-0.15, -0.1) is 10.2 Å². The lowest BCUT2D eigenvalue weighted by Gasteiger charge is -2.29. The average molecular weight is 262 g/mol. The Bertz CT molecular complexity index is 430. The van der Waals surface area contributed by atoms with Gasteiger partial charge in [0.2, 0.25) is 0 Å². The van der Waals surface area contributed by atoms with Crippen LogP contribution in [0.25, 0.3) is 0 Å². The number of rotatable bonds is 2. The van der Waals surface area contributed by atoms with Crippen LogP contribution < -0.4 is 5.73 Å². The maximum Gasteiger partial charge on any atom is 0.413 e. The number of nitrogens with zero attached hydrogens (tertiary/aromatic N) is 3. The highest BCUT2D eigenvalue weighted by Gasteiger charge is 2.53. The van der Waals surface area contributed by atoms with Crippen LogP contribution in [0.15, 0.2) is 0 Å². The third kappa shape index (κ3) is 2.00. The highest BCUT2D eigenvalue weighted by atomic mass is 19.4. The van der Waals surface area contributed by atoms with Gasteiger partial charge in [-0.25, -0.2) is 0 Å². The second-order valence-corrected chi connectivity index (χ2v) is 5.08. The summed E-state index contributed by atoms with van der Waals surface area (Å²) in [4.78, 5) is 0. The van der Waals surface area contributed by atoms with E-state index in [9.17, 15) is 13.2 Å². The van der Waals surface area contributed by atoms with E-state index in [4.69, 9.17) is 5.73 Å². The summed E-state index contributed by atoms with van der Waals surface area (Å²) < 4.78 is 40.5. The van der Waals surface area contributed by atoms with Gasteiger partial charge in [0, 0.05) is 6.04 Å². The lowest BCUT2D eigenvalue weighted by atomic mass is 10.0. The van der Waals surface area contributed by atoms with Crippen molar-refractivity contribution in [3.63, 3.8) is 0 Å². The lowest BCUT2D eigenvalue weighted by molar-refractivity contribution is -0.187. The molecular formula is C11H17F3N4. The van der Waals surface area contributed by atoms with Crippen molar-refractivity contribution in [1.82, 2.24) is 14.8 Å². The Kier molecular flexibility index (Phi) is 3.12. The van der Waals surface area contributed by atoms with E-state index < -0.39 is 11.7 Å². The van der Waals surface area contributed by atoms with Crippen molar-refractivity contribution in [2.24, 2.45) is 5.73 Å². The van der Waals surface area contributed by atoms with Crippen LogP contribution in [0.1, 0.15) is 50.3 Å². The van der Waals surface area contributed by atoms with Crippen LogP contribution in [-0.2, 0) is 5.54 Å². The first kappa shape index (κ1) is 13.3. The number of halogens is 3. The van der Waals surface area contributed by atoms with Gasteiger partial charge in [-0.1, -0.05) is 12.8 Å². The molecule has 1 atom stereocenters. The van der Waals surface area contributed by atoms with Gasteiger partial charge in [-0.2, -0.15) is 13.2 Å². The smallest absolute Gasteiger partial charge is 0.311 e. The molecule has 1 heterocycles. The molecular weight excluding hydrogens is 245 g/mol. The van der Waals surface area contributed by atoms with E-state index in [1.165, 1.54) is 0 Å². The molecule has 2 N–H and O–H groups in total. The second kappa shape index (κ2) is 4.22. The van der Waals surface area contributed by atoms with E-state index in [0.29, 0.717) is 5.82 Å². The third-order valence-electron chi connectivity index (χ3n) is 3.61.